The molecule has 1 heterocycles. The van der Waals surface area contributed by atoms with Crippen LogP contribution in [0.25, 0.3) is 0 Å². The molecule has 1 aromatic rings. The van der Waals surface area contributed by atoms with E-state index >= 15 is 0 Å². The number of ether oxygens (including phenoxy) is 2. The molecule has 2 N–H and O–H groups in total. The van der Waals surface area contributed by atoms with Crippen molar-refractivity contribution in [2.24, 2.45) is 10.9 Å². The van der Waals surface area contributed by atoms with E-state index in [2.05, 4.69) is 66.4 Å². The topological polar surface area (TPSA) is 58.1 Å². The van der Waals surface area contributed by atoms with Crippen LogP contribution in [0.2, 0.25) is 0 Å². The zero-order valence-corrected chi connectivity index (χ0v) is 18.3. The van der Waals surface area contributed by atoms with Crippen LogP contribution in [0.15, 0.2) is 23.2 Å². The molecule has 1 saturated heterocycles. The predicted molar refractivity (Wildman–Crippen MR) is 116 cm³/mol. The van der Waals surface area contributed by atoms with Crippen molar-refractivity contribution in [1.82, 2.24) is 15.5 Å². The number of aliphatic imine (C=N–C) groups is 1. The molecule has 0 aliphatic carbocycles. The molecule has 1 aromatic carbocycles. The highest BCUT2D eigenvalue weighted by Gasteiger charge is 2.12. The zero-order valence-electron chi connectivity index (χ0n) is 18.3. The van der Waals surface area contributed by atoms with Gasteiger partial charge < -0.3 is 20.1 Å². The fourth-order valence-corrected chi connectivity index (χ4v) is 3.40. The molecule has 2 rings (SSSR count). The molecule has 1 atom stereocenters. The first kappa shape index (κ1) is 22.5. The summed E-state index contributed by atoms with van der Waals surface area (Å²) >= 11 is 0. The summed E-state index contributed by atoms with van der Waals surface area (Å²) in [4.78, 5) is 6.75. The molecule has 0 saturated carbocycles. The Balaban J connectivity index is 1.85. The molecule has 1 fully saturated rings. The summed E-state index contributed by atoms with van der Waals surface area (Å²) in [5.41, 5.74) is 2.36. The van der Waals surface area contributed by atoms with Crippen molar-refractivity contribution in [2.75, 3.05) is 46.4 Å². The van der Waals surface area contributed by atoms with Crippen LogP contribution in [0, 0.1) is 12.8 Å². The number of guanidine groups is 1. The van der Waals surface area contributed by atoms with Gasteiger partial charge in [0, 0.05) is 45.3 Å². The summed E-state index contributed by atoms with van der Waals surface area (Å²) in [5.74, 6) is 2.40. The number of benzene rings is 1. The minimum atomic E-state index is 0.200. The molecule has 0 spiro atoms. The van der Waals surface area contributed by atoms with Crippen molar-refractivity contribution in [1.29, 1.82) is 0 Å². The van der Waals surface area contributed by atoms with Crippen LogP contribution in [0.3, 0.4) is 0 Å². The Bertz CT molecular complexity index is 613. The van der Waals surface area contributed by atoms with E-state index in [1.807, 2.05) is 0 Å². The summed E-state index contributed by atoms with van der Waals surface area (Å²) in [6.07, 6.45) is 1.25. The standard InChI is InChI=1S/C22H38N4O2/c1-17(2)14-19(4)28-21-15-18(3)6-7-20(21)16-25-22(23-5)24-8-9-26-10-12-27-13-11-26/h6-7,15,17,19H,8-14,16H2,1-5H3,(H2,23,24,25). The van der Waals surface area contributed by atoms with Gasteiger partial charge in [-0.05, 0) is 37.8 Å². The van der Waals surface area contributed by atoms with Gasteiger partial charge in [0.1, 0.15) is 5.75 Å². The van der Waals surface area contributed by atoms with Crippen LogP contribution in [0.4, 0.5) is 0 Å². The van der Waals surface area contributed by atoms with Gasteiger partial charge in [0.25, 0.3) is 0 Å². The molecule has 1 aliphatic heterocycles. The largest absolute Gasteiger partial charge is 0.490 e. The highest BCUT2D eigenvalue weighted by atomic mass is 16.5. The normalized spacial score (nSPS) is 16.9. The quantitative estimate of drug-likeness (QED) is 0.502. The van der Waals surface area contributed by atoms with Gasteiger partial charge in [0.2, 0.25) is 0 Å². The smallest absolute Gasteiger partial charge is 0.191 e. The lowest BCUT2D eigenvalue weighted by Crippen LogP contribution is -2.44. The molecular weight excluding hydrogens is 352 g/mol. The summed E-state index contributed by atoms with van der Waals surface area (Å²) < 4.78 is 11.6. The van der Waals surface area contributed by atoms with Gasteiger partial charge in [-0.3, -0.25) is 9.89 Å². The van der Waals surface area contributed by atoms with Crippen LogP contribution in [0.1, 0.15) is 38.3 Å². The monoisotopic (exact) mass is 390 g/mol. The number of aryl methyl sites for hydroxylation is 1. The Kier molecular flexibility index (Phi) is 9.58. The fraction of sp³-hybridized carbons (Fsp3) is 0.682. The Morgan fingerprint density at radius 3 is 2.64 bits per heavy atom. The predicted octanol–water partition coefficient (Wildman–Crippen LogP) is 2.81. The van der Waals surface area contributed by atoms with Crippen molar-refractivity contribution < 1.29 is 9.47 Å². The minimum Gasteiger partial charge on any atom is -0.490 e. The average molecular weight is 391 g/mol. The highest BCUT2D eigenvalue weighted by Crippen LogP contribution is 2.23. The minimum absolute atomic E-state index is 0.200. The molecule has 1 unspecified atom stereocenters. The second kappa shape index (κ2) is 11.9. The summed E-state index contributed by atoms with van der Waals surface area (Å²) in [7, 11) is 1.81. The van der Waals surface area contributed by atoms with Crippen molar-refractivity contribution in [3.05, 3.63) is 29.3 Å². The number of nitrogens with zero attached hydrogens (tertiary/aromatic N) is 2. The first-order valence-corrected chi connectivity index (χ1v) is 10.5. The van der Waals surface area contributed by atoms with Crippen LogP contribution in [-0.2, 0) is 11.3 Å². The van der Waals surface area contributed by atoms with Crippen LogP contribution in [-0.4, -0.2) is 63.4 Å². The second-order valence-corrected chi connectivity index (χ2v) is 7.98. The first-order valence-electron chi connectivity index (χ1n) is 10.5. The number of hydrogen-bond donors (Lipinski definition) is 2. The third-order valence-corrected chi connectivity index (χ3v) is 4.85. The summed E-state index contributed by atoms with van der Waals surface area (Å²) in [6.45, 7) is 14.9. The van der Waals surface area contributed by atoms with E-state index in [1.165, 1.54) is 5.56 Å². The average Bonchev–Trinajstić information content (AvgIpc) is 2.66. The van der Waals surface area contributed by atoms with Crippen LogP contribution >= 0.6 is 0 Å². The lowest BCUT2D eigenvalue weighted by atomic mass is 10.1. The van der Waals surface area contributed by atoms with Gasteiger partial charge in [-0.2, -0.15) is 0 Å². The SMILES string of the molecule is CN=C(NCCN1CCOCC1)NCc1ccc(C)cc1OC(C)CC(C)C. The fourth-order valence-electron chi connectivity index (χ4n) is 3.40. The summed E-state index contributed by atoms with van der Waals surface area (Å²) in [5, 5.41) is 6.81. The third-order valence-electron chi connectivity index (χ3n) is 4.85. The third kappa shape index (κ3) is 8.07. The molecule has 28 heavy (non-hydrogen) atoms. The molecule has 1 aliphatic rings. The Hall–Kier alpha value is -1.79. The molecule has 0 aromatic heterocycles. The summed E-state index contributed by atoms with van der Waals surface area (Å²) in [6, 6.07) is 6.40. The van der Waals surface area contributed by atoms with Gasteiger partial charge in [0.05, 0.1) is 19.3 Å². The van der Waals surface area contributed by atoms with Gasteiger partial charge in [-0.25, -0.2) is 0 Å². The maximum Gasteiger partial charge on any atom is 0.191 e. The number of morpholine rings is 1. The maximum atomic E-state index is 6.24. The van der Waals surface area contributed by atoms with E-state index < -0.39 is 0 Å². The van der Waals surface area contributed by atoms with Gasteiger partial charge >= 0.3 is 0 Å². The first-order chi connectivity index (χ1) is 13.5. The van der Waals surface area contributed by atoms with Crippen molar-refractivity contribution in [3.8, 4) is 5.75 Å². The van der Waals surface area contributed by atoms with E-state index in [9.17, 15) is 0 Å². The van der Waals surface area contributed by atoms with Gasteiger partial charge in [0.15, 0.2) is 5.96 Å². The van der Waals surface area contributed by atoms with Crippen LogP contribution < -0.4 is 15.4 Å². The second-order valence-electron chi connectivity index (χ2n) is 7.98. The van der Waals surface area contributed by atoms with E-state index in [0.29, 0.717) is 12.5 Å². The highest BCUT2D eigenvalue weighted by molar-refractivity contribution is 5.79. The number of hydrogen-bond acceptors (Lipinski definition) is 4. The lowest BCUT2D eigenvalue weighted by molar-refractivity contribution is 0.0389. The van der Waals surface area contributed by atoms with E-state index in [0.717, 1.165) is 63.1 Å². The van der Waals surface area contributed by atoms with Gasteiger partial charge in [-0.15, -0.1) is 0 Å². The molecule has 0 radical (unpaired) electrons. The lowest BCUT2D eigenvalue weighted by Gasteiger charge is -2.26. The zero-order chi connectivity index (χ0) is 20.4. The molecule has 6 nitrogen and oxygen atoms in total. The van der Waals surface area contributed by atoms with Crippen LogP contribution in [0.5, 0.6) is 5.75 Å². The van der Waals surface area contributed by atoms with E-state index in [4.69, 9.17) is 9.47 Å². The molecule has 6 heteroatoms. The number of nitrogens with one attached hydrogen (secondary N) is 2. The number of rotatable bonds is 9. The Labute approximate surface area is 170 Å². The molecule has 158 valence electrons. The molecule has 0 amide bonds. The van der Waals surface area contributed by atoms with Crippen molar-refractivity contribution >= 4 is 5.96 Å². The van der Waals surface area contributed by atoms with Gasteiger partial charge in [-0.1, -0.05) is 26.0 Å². The van der Waals surface area contributed by atoms with E-state index in [1.54, 1.807) is 7.05 Å². The molecular formula is C22H38N4O2. The van der Waals surface area contributed by atoms with Crippen molar-refractivity contribution in [3.63, 3.8) is 0 Å². The van der Waals surface area contributed by atoms with E-state index in [-0.39, 0.29) is 6.10 Å². The van der Waals surface area contributed by atoms with Crippen molar-refractivity contribution in [2.45, 2.75) is 46.8 Å². The Morgan fingerprint density at radius 2 is 1.96 bits per heavy atom. The molecule has 0 bridgehead atoms. The maximum absolute atomic E-state index is 6.24. The Morgan fingerprint density at radius 1 is 1.21 bits per heavy atom.